The number of hydrogen-bond donors (Lipinski definition) is 1. The largest absolute Gasteiger partial charge is 0.481 e. The van der Waals surface area contributed by atoms with E-state index in [0.717, 1.165) is 6.07 Å². The standard InChI is InChI=1S/C14H17F2NO2/c1-9-6-10(14(18)19)4-5-17(9)8-11-2-3-12(15)7-13(11)16/h2-3,7,9-10H,4-6,8H2,1H3,(H,18,19). The lowest BCUT2D eigenvalue weighted by atomic mass is 9.91. The molecule has 2 rings (SSSR count). The van der Waals surface area contributed by atoms with Crippen molar-refractivity contribution in [2.75, 3.05) is 6.54 Å². The average molecular weight is 269 g/mol. The van der Waals surface area contributed by atoms with Crippen LogP contribution in [0.1, 0.15) is 25.3 Å². The van der Waals surface area contributed by atoms with Crippen molar-refractivity contribution in [3.05, 3.63) is 35.4 Å². The Bertz CT molecular complexity index is 479. The Morgan fingerprint density at radius 2 is 2.21 bits per heavy atom. The van der Waals surface area contributed by atoms with Crippen LogP contribution in [0.25, 0.3) is 0 Å². The van der Waals surface area contributed by atoms with Crippen molar-refractivity contribution in [3.63, 3.8) is 0 Å². The molecule has 0 aromatic heterocycles. The molecule has 0 amide bonds. The molecule has 0 radical (unpaired) electrons. The van der Waals surface area contributed by atoms with E-state index in [0.29, 0.717) is 31.5 Å². The maximum Gasteiger partial charge on any atom is 0.306 e. The molecule has 2 atom stereocenters. The van der Waals surface area contributed by atoms with Crippen LogP contribution in [0.2, 0.25) is 0 Å². The van der Waals surface area contributed by atoms with E-state index in [1.165, 1.54) is 12.1 Å². The minimum Gasteiger partial charge on any atom is -0.481 e. The van der Waals surface area contributed by atoms with Gasteiger partial charge in [0.05, 0.1) is 5.92 Å². The van der Waals surface area contributed by atoms with Crippen LogP contribution in [0.3, 0.4) is 0 Å². The molecule has 1 aromatic carbocycles. The van der Waals surface area contributed by atoms with Gasteiger partial charge in [0.25, 0.3) is 0 Å². The van der Waals surface area contributed by atoms with Crippen LogP contribution in [0.15, 0.2) is 18.2 Å². The average Bonchev–Trinajstić information content (AvgIpc) is 2.34. The molecule has 104 valence electrons. The molecule has 1 fully saturated rings. The van der Waals surface area contributed by atoms with E-state index in [-0.39, 0.29) is 12.0 Å². The van der Waals surface area contributed by atoms with Crippen molar-refractivity contribution in [1.82, 2.24) is 4.90 Å². The highest BCUT2D eigenvalue weighted by Crippen LogP contribution is 2.25. The van der Waals surface area contributed by atoms with Crippen LogP contribution in [-0.2, 0) is 11.3 Å². The number of benzene rings is 1. The molecular weight excluding hydrogens is 252 g/mol. The highest BCUT2D eigenvalue weighted by Gasteiger charge is 2.29. The van der Waals surface area contributed by atoms with E-state index in [1.807, 2.05) is 11.8 Å². The Morgan fingerprint density at radius 1 is 1.47 bits per heavy atom. The Morgan fingerprint density at radius 3 is 2.79 bits per heavy atom. The molecule has 0 spiro atoms. The summed E-state index contributed by atoms with van der Waals surface area (Å²) in [6, 6.07) is 3.65. The van der Waals surface area contributed by atoms with E-state index >= 15 is 0 Å². The number of hydrogen-bond acceptors (Lipinski definition) is 2. The van der Waals surface area contributed by atoms with Gasteiger partial charge in [-0.25, -0.2) is 8.78 Å². The third-order valence-corrected chi connectivity index (χ3v) is 3.75. The second-order valence-corrected chi connectivity index (χ2v) is 5.11. The van der Waals surface area contributed by atoms with Crippen LogP contribution in [-0.4, -0.2) is 28.6 Å². The second-order valence-electron chi connectivity index (χ2n) is 5.11. The molecule has 0 saturated carbocycles. The first-order chi connectivity index (χ1) is 8.97. The van der Waals surface area contributed by atoms with E-state index in [2.05, 4.69) is 0 Å². The van der Waals surface area contributed by atoms with Gasteiger partial charge < -0.3 is 5.11 Å². The van der Waals surface area contributed by atoms with Crippen LogP contribution >= 0.6 is 0 Å². The lowest BCUT2D eigenvalue weighted by Crippen LogP contribution is -2.42. The fourth-order valence-corrected chi connectivity index (χ4v) is 2.55. The number of carboxylic acids is 1. The van der Waals surface area contributed by atoms with Gasteiger partial charge in [-0.2, -0.15) is 0 Å². The van der Waals surface area contributed by atoms with Crippen molar-refractivity contribution in [2.45, 2.75) is 32.4 Å². The third kappa shape index (κ3) is 3.29. The minimum absolute atomic E-state index is 0.0827. The van der Waals surface area contributed by atoms with E-state index in [9.17, 15) is 13.6 Å². The number of halogens is 2. The van der Waals surface area contributed by atoms with Gasteiger partial charge in [-0.05, 0) is 32.4 Å². The van der Waals surface area contributed by atoms with Gasteiger partial charge >= 0.3 is 5.97 Å². The molecule has 1 aliphatic rings. The van der Waals surface area contributed by atoms with Gasteiger partial charge in [-0.3, -0.25) is 9.69 Å². The van der Waals surface area contributed by atoms with Crippen LogP contribution in [0.4, 0.5) is 8.78 Å². The lowest BCUT2D eigenvalue weighted by molar-refractivity contribution is -0.144. The summed E-state index contributed by atoms with van der Waals surface area (Å²) in [5.41, 5.74) is 0.446. The number of piperidine rings is 1. The molecule has 19 heavy (non-hydrogen) atoms. The van der Waals surface area contributed by atoms with Gasteiger partial charge in [0.15, 0.2) is 0 Å². The highest BCUT2D eigenvalue weighted by molar-refractivity contribution is 5.70. The number of likely N-dealkylation sites (tertiary alicyclic amines) is 1. The fraction of sp³-hybridized carbons (Fsp3) is 0.500. The first-order valence-corrected chi connectivity index (χ1v) is 6.38. The zero-order chi connectivity index (χ0) is 14.0. The molecule has 5 heteroatoms. The topological polar surface area (TPSA) is 40.5 Å². The summed E-state index contributed by atoms with van der Waals surface area (Å²) in [4.78, 5) is 13.0. The van der Waals surface area contributed by atoms with Gasteiger partial charge in [0.1, 0.15) is 11.6 Å². The van der Waals surface area contributed by atoms with E-state index in [1.54, 1.807) is 0 Å². The van der Waals surface area contributed by atoms with Gasteiger partial charge in [0.2, 0.25) is 0 Å². The first kappa shape index (κ1) is 13.9. The molecule has 1 aromatic rings. The van der Waals surface area contributed by atoms with Crippen LogP contribution in [0, 0.1) is 17.6 Å². The maximum absolute atomic E-state index is 13.6. The highest BCUT2D eigenvalue weighted by atomic mass is 19.1. The molecule has 3 nitrogen and oxygen atoms in total. The van der Waals surface area contributed by atoms with Gasteiger partial charge in [0, 0.05) is 24.2 Å². The zero-order valence-electron chi connectivity index (χ0n) is 10.8. The SMILES string of the molecule is CC1CC(C(=O)O)CCN1Cc1ccc(F)cc1F. The van der Waals surface area contributed by atoms with Crippen molar-refractivity contribution >= 4 is 5.97 Å². The molecule has 1 aliphatic heterocycles. The number of nitrogens with zero attached hydrogens (tertiary/aromatic N) is 1. The lowest BCUT2D eigenvalue weighted by Gasteiger charge is -2.36. The Balaban J connectivity index is 2.02. The Labute approximate surface area is 110 Å². The molecular formula is C14H17F2NO2. The predicted octanol–water partition coefficient (Wildman–Crippen LogP) is 2.65. The monoisotopic (exact) mass is 269 g/mol. The molecule has 1 heterocycles. The first-order valence-electron chi connectivity index (χ1n) is 6.38. The van der Waals surface area contributed by atoms with Crippen LogP contribution in [0.5, 0.6) is 0 Å². The summed E-state index contributed by atoms with van der Waals surface area (Å²) < 4.78 is 26.4. The predicted molar refractivity (Wildman–Crippen MR) is 66.6 cm³/mol. The number of carbonyl (C=O) groups is 1. The summed E-state index contributed by atoms with van der Waals surface area (Å²) in [5, 5.41) is 8.99. The van der Waals surface area contributed by atoms with Gasteiger partial charge in [-0.1, -0.05) is 6.07 Å². The zero-order valence-corrected chi connectivity index (χ0v) is 10.8. The third-order valence-electron chi connectivity index (χ3n) is 3.75. The fourth-order valence-electron chi connectivity index (χ4n) is 2.55. The summed E-state index contributed by atoms with van der Waals surface area (Å²) in [6.45, 7) is 2.95. The van der Waals surface area contributed by atoms with Crippen molar-refractivity contribution in [1.29, 1.82) is 0 Å². The number of aliphatic carboxylic acids is 1. The summed E-state index contributed by atoms with van der Waals surface area (Å²) in [7, 11) is 0. The second kappa shape index (κ2) is 5.65. The van der Waals surface area contributed by atoms with E-state index in [4.69, 9.17) is 5.11 Å². The number of rotatable bonds is 3. The molecule has 1 saturated heterocycles. The summed E-state index contributed by atoms with van der Waals surface area (Å²) in [5.74, 6) is -2.21. The molecule has 2 unspecified atom stereocenters. The summed E-state index contributed by atoms with van der Waals surface area (Å²) in [6.07, 6.45) is 1.14. The summed E-state index contributed by atoms with van der Waals surface area (Å²) >= 11 is 0. The van der Waals surface area contributed by atoms with E-state index < -0.39 is 17.6 Å². The number of carboxylic acid groups (broad SMARTS) is 1. The molecule has 0 bridgehead atoms. The van der Waals surface area contributed by atoms with Crippen molar-refractivity contribution in [3.8, 4) is 0 Å². The smallest absolute Gasteiger partial charge is 0.306 e. The quantitative estimate of drug-likeness (QED) is 0.917. The van der Waals surface area contributed by atoms with Crippen molar-refractivity contribution in [2.24, 2.45) is 5.92 Å². The minimum atomic E-state index is -0.764. The van der Waals surface area contributed by atoms with Crippen molar-refractivity contribution < 1.29 is 18.7 Å². The Kier molecular flexibility index (Phi) is 4.14. The van der Waals surface area contributed by atoms with Crippen LogP contribution < -0.4 is 0 Å². The molecule has 1 N–H and O–H groups in total. The van der Waals surface area contributed by atoms with Gasteiger partial charge in [-0.15, -0.1) is 0 Å². The normalized spacial score (nSPS) is 24.4. The molecule has 0 aliphatic carbocycles. The maximum atomic E-state index is 13.6. The Hall–Kier alpha value is -1.49.